The fraction of sp³-hybridized carbons (Fsp3) is 0.667. The van der Waals surface area contributed by atoms with Crippen molar-refractivity contribution in [2.24, 2.45) is 17.8 Å². The third-order valence-electron chi connectivity index (χ3n) is 6.26. The van der Waals surface area contributed by atoms with Gasteiger partial charge in [0.25, 0.3) is 0 Å². The van der Waals surface area contributed by atoms with Gasteiger partial charge < -0.3 is 5.32 Å². The average molecular weight is 285 g/mol. The van der Waals surface area contributed by atoms with Crippen LogP contribution in [0, 0.1) is 17.8 Å². The SMILES string of the molecule is C1=C(CNC23CC4CC(CC(C4)C2)C3)Cc2sccc21. The molecule has 5 aliphatic rings. The minimum Gasteiger partial charge on any atom is -0.307 e. The molecule has 1 aromatic heterocycles. The van der Waals surface area contributed by atoms with Crippen LogP contribution < -0.4 is 5.32 Å². The molecule has 0 saturated heterocycles. The van der Waals surface area contributed by atoms with E-state index in [1.165, 1.54) is 31.2 Å². The molecular formula is C18H23NS. The fourth-order valence-corrected chi connectivity index (χ4v) is 6.75. The molecule has 0 amide bonds. The molecule has 0 unspecified atom stereocenters. The average Bonchev–Trinajstić information content (AvgIpc) is 2.95. The molecule has 5 aliphatic carbocycles. The predicted octanol–water partition coefficient (Wildman–Crippen LogP) is 4.25. The Balaban J connectivity index is 1.30. The van der Waals surface area contributed by atoms with Gasteiger partial charge in [0.1, 0.15) is 0 Å². The normalized spacial score (nSPS) is 41.0. The predicted molar refractivity (Wildman–Crippen MR) is 84.9 cm³/mol. The highest BCUT2D eigenvalue weighted by molar-refractivity contribution is 7.10. The first-order valence-electron chi connectivity index (χ1n) is 8.29. The molecule has 20 heavy (non-hydrogen) atoms. The number of fused-ring (bicyclic) bond motifs is 1. The van der Waals surface area contributed by atoms with Crippen LogP contribution in [0.25, 0.3) is 6.08 Å². The summed E-state index contributed by atoms with van der Waals surface area (Å²) < 4.78 is 0. The Morgan fingerprint density at radius 1 is 1.10 bits per heavy atom. The topological polar surface area (TPSA) is 12.0 Å². The summed E-state index contributed by atoms with van der Waals surface area (Å²) in [6.07, 6.45) is 12.7. The van der Waals surface area contributed by atoms with E-state index < -0.39 is 0 Å². The van der Waals surface area contributed by atoms with Gasteiger partial charge in [-0.05, 0) is 73.3 Å². The van der Waals surface area contributed by atoms with Gasteiger partial charge in [-0.3, -0.25) is 0 Å². The van der Waals surface area contributed by atoms with Crippen molar-refractivity contribution in [1.29, 1.82) is 0 Å². The maximum atomic E-state index is 4.03. The van der Waals surface area contributed by atoms with Crippen molar-refractivity contribution in [3.63, 3.8) is 0 Å². The van der Waals surface area contributed by atoms with Gasteiger partial charge in [-0.1, -0.05) is 11.6 Å². The summed E-state index contributed by atoms with van der Waals surface area (Å²) in [5.74, 6) is 3.15. The molecule has 0 radical (unpaired) electrons. The minimum absolute atomic E-state index is 0.519. The van der Waals surface area contributed by atoms with E-state index in [-0.39, 0.29) is 0 Å². The molecule has 1 aromatic rings. The lowest BCUT2D eigenvalue weighted by molar-refractivity contribution is -0.0182. The van der Waals surface area contributed by atoms with Gasteiger partial charge in [0, 0.05) is 23.4 Å². The van der Waals surface area contributed by atoms with Crippen molar-refractivity contribution in [2.75, 3.05) is 6.54 Å². The molecule has 4 bridgehead atoms. The molecule has 106 valence electrons. The summed E-state index contributed by atoms with van der Waals surface area (Å²) >= 11 is 1.92. The Bertz CT molecular complexity index is 532. The highest BCUT2D eigenvalue weighted by Crippen LogP contribution is 2.55. The van der Waals surface area contributed by atoms with E-state index in [2.05, 4.69) is 22.8 Å². The Kier molecular flexibility index (Phi) is 2.52. The van der Waals surface area contributed by atoms with Gasteiger partial charge in [-0.25, -0.2) is 0 Å². The van der Waals surface area contributed by atoms with Gasteiger partial charge in [0.15, 0.2) is 0 Å². The smallest absolute Gasteiger partial charge is 0.0192 e. The van der Waals surface area contributed by atoms with Crippen LogP contribution >= 0.6 is 11.3 Å². The second kappa shape index (κ2) is 4.20. The third-order valence-corrected chi connectivity index (χ3v) is 7.19. The summed E-state index contributed by atoms with van der Waals surface area (Å²) in [7, 11) is 0. The molecule has 1 nitrogen and oxygen atoms in total. The molecule has 0 aromatic carbocycles. The maximum absolute atomic E-state index is 4.03. The molecular weight excluding hydrogens is 262 g/mol. The lowest BCUT2D eigenvalue weighted by Crippen LogP contribution is -2.58. The minimum atomic E-state index is 0.519. The zero-order valence-corrected chi connectivity index (χ0v) is 12.8. The van der Waals surface area contributed by atoms with Crippen molar-refractivity contribution >= 4 is 17.4 Å². The molecule has 0 atom stereocenters. The first-order valence-corrected chi connectivity index (χ1v) is 9.17. The van der Waals surface area contributed by atoms with E-state index in [1.807, 2.05) is 11.3 Å². The van der Waals surface area contributed by atoms with Crippen LogP contribution in [0.1, 0.15) is 49.0 Å². The van der Waals surface area contributed by atoms with Crippen LogP contribution in [0.5, 0.6) is 0 Å². The van der Waals surface area contributed by atoms with E-state index in [0.29, 0.717) is 5.54 Å². The number of thiophene rings is 1. The van der Waals surface area contributed by atoms with E-state index >= 15 is 0 Å². The summed E-state index contributed by atoms with van der Waals surface area (Å²) in [5, 5.41) is 6.26. The summed E-state index contributed by atoms with van der Waals surface area (Å²) in [6.45, 7) is 1.13. The number of rotatable bonds is 3. The Morgan fingerprint density at radius 3 is 2.45 bits per heavy atom. The molecule has 1 N–H and O–H groups in total. The van der Waals surface area contributed by atoms with Gasteiger partial charge >= 0.3 is 0 Å². The Labute approximate surface area is 125 Å². The summed E-state index contributed by atoms with van der Waals surface area (Å²) in [5.41, 5.74) is 3.62. The first-order chi connectivity index (χ1) is 9.78. The van der Waals surface area contributed by atoms with E-state index in [9.17, 15) is 0 Å². The van der Waals surface area contributed by atoms with E-state index in [0.717, 1.165) is 24.3 Å². The van der Waals surface area contributed by atoms with Crippen molar-refractivity contribution in [3.8, 4) is 0 Å². The maximum Gasteiger partial charge on any atom is 0.0192 e. The van der Waals surface area contributed by atoms with E-state index in [4.69, 9.17) is 0 Å². The summed E-state index contributed by atoms with van der Waals surface area (Å²) in [4.78, 5) is 1.58. The van der Waals surface area contributed by atoms with Crippen molar-refractivity contribution in [2.45, 2.75) is 50.5 Å². The highest BCUT2D eigenvalue weighted by atomic mass is 32.1. The standard InChI is InChI=1S/C18H23NS/c1-2-20-17-7-15(6-16(1)17)11-19-18-8-12-3-13(9-18)5-14(4-12)10-18/h1-2,6,12-14,19H,3-5,7-11H2. The van der Waals surface area contributed by atoms with Gasteiger partial charge in [0.2, 0.25) is 0 Å². The van der Waals surface area contributed by atoms with Crippen molar-refractivity contribution in [3.05, 3.63) is 27.5 Å². The quantitative estimate of drug-likeness (QED) is 0.875. The monoisotopic (exact) mass is 285 g/mol. The molecule has 1 heterocycles. The lowest BCUT2D eigenvalue weighted by atomic mass is 9.53. The Morgan fingerprint density at radius 2 is 1.80 bits per heavy atom. The van der Waals surface area contributed by atoms with Crippen molar-refractivity contribution in [1.82, 2.24) is 5.32 Å². The fourth-order valence-electron chi connectivity index (χ4n) is 5.84. The van der Waals surface area contributed by atoms with Crippen LogP contribution in [-0.2, 0) is 6.42 Å². The molecule has 2 heteroatoms. The van der Waals surface area contributed by atoms with Gasteiger partial charge in [-0.15, -0.1) is 11.3 Å². The second-order valence-electron chi connectivity index (χ2n) is 7.83. The van der Waals surface area contributed by atoms with Crippen LogP contribution in [0.2, 0.25) is 0 Å². The summed E-state index contributed by atoms with van der Waals surface area (Å²) in [6, 6.07) is 2.28. The van der Waals surface area contributed by atoms with Crippen LogP contribution in [-0.4, -0.2) is 12.1 Å². The van der Waals surface area contributed by atoms with E-state index in [1.54, 1.807) is 29.7 Å². The van der Waals surface area contributed by atoms with Gasteiger partial charge in [0.05, 0.1) is 0 Å². The molecule has 0 spiro atoms. The number of hydrogen-bond acceptors (Lipinski definition) is 2. The molecule has 4 saturated carbocycles. The number of hydrogen-bond donors (Lipinski definition) is 1. The molecule has 4 fully saturated rings. The lowest BCUT2D eigenvalue weighted by Gasteiger charge is -2.57. The van der Waals surface area contributed by atoms with Crippen LogP contribution in [0.4, 0.5) is 0 Å². The zero-order chi connectivity index (χ0) is 13.2. The molecule has 0 aliphatic heterocycles. The first kappa shape index (κ1) is 12.0. The van der Waals surface area contributed by atoms with Crippen LogP contribution in [0.3, 0.4) is 0 Å². The second-order valence-corrected chi connectivity index (χ2v) is 8.83. The zero-order valence-electron chi connectivity index (χ0n) is 12.0. The largest absolute Gasteiger partial charge is 0.307 e. The van der Waals surface area contributed by atoms with Crippen LogP contribution in [0.15, 0.2) is 17.0 Å². The highest BCUT2D eigenvalue weighted by Gasteiger charge is 2.50. The Hall–Kier alpha value is -0.600. The number of nitrogens with one attached hydrogen (secondary N) is 1. The third kappa shape index (κ3) is 1.84. The molecule has 6 rings (SSSR count). The van der Waals surface area contributed by atoms with Gasteiger partial charge in [-0.2, -0.15) is 0 Å². The van der Waals surface area contributed by atoms with Crippen molar-refractivity contribution < 1.29 is 0 Å².